The fraction of sp³-hybridized carbons (Fsp3) is 0.556. The van der Waals surface area contributed by atoms with Gasteiger partial charge >= 0.3 is 0 Å². The molecule has 0 spiro atoms. The fourth-order valence-electron chi connectivity index (χ4n) is 5.05. The molecular weight excluding hydrogens is 444 g/mol. The summed E-state index contributed by atoms with van der Waals surface area (Å²) in [4.78, 5) is 20.2. The zero-order valence-corrected chi connectivity index (χ0v) is 20.7. The summed E-state index contributed by atoms with van der Waals surface area (Å²) in [5.41, 5.74) is 3.64. The standard InChI is InChI=1S/C27H36N4O4/c1-18(2)35-22-9-11-25(34-17-22)27(32)31-15-19-6-5-12-28-26(19)30-23-10-8-20(14-24(23)31)29-21-7-3-4-13-33-16-21/h5-6,8,10,12,14,18,21-22,25,29H,3-4,7,9,11,13,15-17H2,1-2H3,(H,28,30)/t21?,22-,25+/m0/s1. The van der Waals surface area contributed by atoms with E-state index in [1.54, 1.807) is 6.20 Å². The molecule has 188 valence electrons. The number of pyridine rings is 1. The lowest BCUT2D eigenvalue weighted by Gasteiger charge is -2.33. The molecule has 3 aliphatic rings. The number of benzene rings is 1. The number of anilines is 4. The van der Waals surface area contributed by atoms with Crippen LogP contribution in [0.1, 0.15) is 51.5 Å². The third-order valence-electron chi connectivity index (χ3n) is 6.78. The van der Waals surface area contributed by atoms with Gasteiger partial charge < -0.3 is 29.7 Å². The van der Waals surface area contributed by atoms with Crippen molar-refractivity contribution in [3.05, 3.63) is 42.1 Å². The van der Waals surface area contributed by atoms with Gasteiger partial charge in [-0.25, -0.2) is 4.98 Å². The van der Waals surface area contributed by atoms with Gasteiger partial charge in [0, 0.05) is 30.1 Å². The monoisotopic (exact) mass is 480 g/mol. The van der Waals surface area contributed by atoms with E-state index >= 15 is 0 Å². The first-order valence-corrected chi connectivity index (χ1v) is 12.8. The first-order valence-electron chi connectivity index (χ1n) is 12.8. The number of nitrogens with one attached hydrogen (secondary N) is 2. The number of hydrogen-bond acceptors (Lipinski definition) is 7. The van der Waals surface area contributed by atoms with E-state index in [1.807, 2.05) is 36.9 Å². The molecule has 5 rings (SSSR count). The SMILES string of the molecule is CC(C)O[C@H]1CC[C@H](C(=O)N2Cc3cccnc3Nc3ccc(NC4CCCCOC4)cc32)OC1. The van der Waals surface area contributed by atoms with Gasteiger partial charge in [0.25, 0.3) is 5.91 Å². The average Bonchev–Trinajstić information content (AvgIpc) is 3.21. The molecule has 0 bridgehead atoms. The molecule has 8 heteroatoms. The highest BCUT2D eigenvalue weighted by Gasteiger charge is 2.34. The number of amides is 1. The van der Waals surface area contributed by atoms with Gasteiger partial charge in [-0.05, 0) is 70.2 Å². The maximum Gasteiger partial charge on any atom is 0.256 e. The molecule has 0 radical (unpaired) electrons. The zero-order valence-electron chi connectivity index (χ0n) is 20.7. The predicted molar refractivity (Wildman–Crippen MR) is 136 cm³/mol. The van der Waals surface area contributed by atoms with E-state index in [1.165, 1.54) is 0 Å². The van der Waals surface area contributed by atoms with Crippen LogP contribution in [0.25, 0.3) is 0 Å². The summed E-state index contributed by atoms with van der Waals surface area (Å²) >= 11 is 0. The number of ether oxygens (including phenoxy) is 3. The molecule has 1 unspecified atom stereocenters. The molecule has 3 aliphatic heterocycles. The zero-order chi connectivity index (χ0) is 24.2. The molecule has 2 fully saturated rings. The molecule has 4 heterocycles. The summed E-state index contributed by atoms with van der Waals surface area (Å²) < 4.78 is 17.7. The minimum Gasteiger partial charge on any atom is -0.380 e. The van der Waals surface area contributed by atoms with Crippen molar-refractivity contribution in [2.75, 3.05) is 35.4 Å². The summed E-state index contributed by atoms with van der Waals surface area (Å²) in [7, 11) is 0. The lowest BCUT2D eigenvalue weighted by Crippen LogP contribution is -2.44. The van der Waals surface area contributed by atoms with Crippen LogP contribution in [0.2, 0.25) is 0 Å². The maximum atomic E-state index is 13.8. The van der Waals surface area contributed by atoms with E-state index < -0.39 is 6.10 Å². The molecule has 8 nitrogen and oxygen atoms in total. The van der Waals surface area contributed by atoms with E-state index in [2.05, 4.69) is 27.8 Å². The number of carbonyl (C=O) groups is 1. The van der Waals surface area contributed by atoms with Crippen molar-refractivity contribution < 1.29 is 19.0 Å². The Morgan fingerprint density at radius 3 is 2.94 bits per heavy atom. The molecule has 1 amide bonds. The summed E-state index contributed by atoms with van der Waals surface area (Å²) in [5, 5.41) is 7.06. The molecule has 2 saturated heterocycles. The third-order valence-corrected chi connectivity index (χ3v) is 6.78. The Kier molecular flexibility index (Phi) is 7.51. The number of nitrogens with zero attached hydrogens (tertiary/aromatic N) is 2. The van der Waals surface area contributed by atoms with Crippen LogP contribution in [-0.4, -0.2) is 55.1 Å². The van der Waals surface area contributed by atoms with Gasteiger partial charge in [0.05, 0.1) is 43.3 Å². The molecule has 0 saturated carbocycles. The Balaban J connectivity index is 1.39. The van der Waals surface area contributed by atoms with Gasteiger partial charge in [0.1, 0.15) is 11.9 Å². The average molecular weight is 481 g/mol. The first-order chi connectivity index (χ1) is 17.1. The molecule has 2 N–H and O–H groups in total. The van der Waals surface area contributed by atoms with E-state index in [-0.39, 0.29) is 24.2 Å². The predicted octanol–water partition coefficient (Wildman–Crippen LogP) is 4.63. The topological polar surface area (TPSA) is 85.0 Å². The van der Waals surface area contributed by atoms with Crippen LogP contribution in [0.5, 0.6) is 0 Å². The molecule has 3 atom stereocenters. The van der Waals surface area contributed by atoms with Crippen molar-refractivity contribution >= 4 is 28.8 Å². The van der Waals surface area contributed by atoms with Crippen LogP contribution in [-0.2, 0) is 25.5 Å². The van der Waals surface area contributed by atoms with Gasteiger partial charge in [-0.15, -0.1) is 0 Å². The van der Waals surface area contributed by atoms with Crippen molar-refractivity contribution in [3.8, 4) is 0 Å². The van der Waals surface area contributed by atoms with Gasteiger partial charge in [-0.1, -0.05) is 6.07 Å². The van der Waals surface area contributed by atoms with Crippen LogP contribution < -0.4 is 15.5 Å². The first kappa shape index (κ1) is 24.0. The van der Waals surface area contributed by atoms with Crippen LogP contribution in [0.4, 0.5) is 22.9 Å². The molecule has 1 aromatic carbocycles. The normalized spacial score (nSPS) is 24.5. The molecular formula is C27H36N4O4. The summed E-state index contributed by atoms with van der Waals surface area (Å²) in [5.74, 6) is 0.750. The minimum absolute atomic E-state index is 0.0253. The van der Waals surface area contributed by atoms with Crippen molar-refractivity contribution in [2.24, 2.45) is 0 Å². The van der Waals surface area contributed by atoms with E-state index in [4.69, 9.17) is 14.2 Å². The Bertz CT molecular complexity index is 1010. The molecule has 1 aromatic heterocycles. The summed E-state index contributed by atoms with van der Waals surface area (Å²) in [6, 6.07) is 10.3. The lowest BCUT2D eigenvalue weighted by molar-refractivity contribution is -0.143. The lowest BCUT2D eigenvalue weighted by atomic mass is 10.0. The summed E-state index contributed by atoms with van der Waals surface area (Å²) in [6.07, 6.45) is 6.25. The molecule has 0 aliphatic carbocycles. The number of fused-ring (bicyclic) bond motifs is 2. The quantitative estimate of drug-likeness (QED) is 0.646. The Labute approximate surface area is 207 Å². The Hall–Kier alpha value is -2.68. The maximum absolute atomic E-state index is 13.8. The second kappa shape index (κ2) is 10.9. The van der Waals surface area contributed by atoms with E-state index in [9.17, 15) is 4.79 Å². The van der Waals surface area contributed by atoms with Gasteiger partial charge in [0.2, 0.25) is 0 Å². The minimum atomic E-state index is -0.486. The number of carbonyl (C=O) groups excluding carboxylic acids is 1. The summed E-state index contributed by atoms with van der Waals surface area (Å²) in [6.45, 7) is 6.44. The van der Waals surface area contributed by atoms with E-state index in [0.29, 0.717) is 26.2 Å². The van der Waals surface area contributed by atoms with Gasteiger partial charge in [-0.2, -0.15) is 0 Å². The highest BCUT2D eigenvalue weighted by atomic mass is 16.5. The Morgan fingerprint density at radius 2 is 2.11 bits per heavy atom. The molecule has 35 heavy (non-hydrogen) atoms. The van der Waals surface area contributed by atoms with Gasteiger partial charge in [-0.3, -0.25) is 4.79 Å². The van der Waals surface area contributed by atoms with Crippen molar-refractivity contribution in [1.82, 2.24) is 4.98 Å². The van der Waals surface area contributed by atoms with Gasteiger partial charge in [0.15, 0.2) is 0 Å². The smallest absolute Gasteiger partial charge is 0.256 e. The fourth-order valence-corrected chi connectivity index (χ4v) is 5.05. The van der Waals surface area contributed by atoms with Crippen LogP contribution in [0, 0.1) is 0 Å². The second-order valence-corrected chi connectivity index (χ2v) is 9.91. The second-order valence-electron chi connectivity index (χ2n) is 9.91. The van der Waals surface area contributed by atoms with Crippen molar-refractivity contribution in [3.63, 3.8) is 0 Å². The van der Waals surface area contributed by atoms with Crippen molar-refractivity contribution in [2.45, 2.75) is 76.9 Å². The van der Waals surface area contributed by atoms with E-state index in [0.717, 1.165) is 60.7 Å². The Morgan fingerprint density at radius 1 is 1.20 bits per heavy atom. The highest BCUT2D eigenvalue weighted by Crippen LogP contribution is 2.38. The number of aromatic nitrogens is 1. The largest absolute Gasteiger partial charge is 0.380 e. The van der Waals surface area contributed by atoms with Crippen molar-refractivity contribution in [1.29, 1.82) is 0 Å². The van der Waals surface area contributed by atoms with Crippen LogP contribution in [0.15, 0.2) is 36.5 Å². The highest BCUT2D eigenvalue weighted by molar-refractivity contribution is 6.01. The number of hydrogen-bond donors (Lipinski definition) is 2. The molecule has 2 aromatic rings. The number of rotatable bonds is 5. The van der Waals surface area contributed by atoms with Crippen LogP contribution in [0.3, 0.4) is 0 Å². The van der Waals surface area contributed by atoms with Crippen LogP contribution >= 0.6 is 0 Å². The third kappa shape index (κ3) is 5.77.